The van der Waals surface area contributed by atoms with Gasteiger partial charge in [0.1, 0.15) is 12.1 Å². The Balaban J connectivity index is 2.04. The number of carbonyl (C=O) groups is 3. The molecule has 0 saturated heterocycles. The maximum atomic E-state index is 12.7. The van der Waals surface area contributed by atoms with E-state index in [9.17, 15) is 19.5 Å². The second-order valence-electron chi connectivity index (χ2n) is 6.75. The van der Waals surface area contributed by atoms with Crippen molar-refractivity contribution in [2.45, 2.75) is 31.3 Å². The van der Waals surface area contributed by atoms with E-state index in [2.05, 4.69) is 20.9 Å². The number of benzene rings is 1. The number of hydrogen-bond acceptors (Lipinski definition) is 4. The van der Waals surface area contributed by atoms with Crippen LogP contribution in [0.5, 0.6) is 0 Å². The minimum Gasteiger partial charge on any atom is -0.480 e. The average molecular weight is 417 g/mol. The van der Waals surface area contributed by atoms with E-state index >= 15 is 0 Å². The van der Waals surface area contributed by atoms with E-state index < -0.39 is 29.9 Å². The number of fused-ring (bicyclic) bond motifs is 1. The van der Waals surface area contributed by atoms with Gasteiger partial charge in [-0.1, -0.05) is 18.2 Å². The molecule has 2 amide bonds. The van der Waals surface area contributed by atoms with E-state index in [0.717, 1.165) is 11.3 Å². The van der Waals surface area contributed by atoms with E-state index in [4.69, 9.17) is 17.2 Å². The zero-order valence-electron chi connectivity index (χ0n) is 16.4. The van der Waals surface area contributed by atoms with Gasteiger partial charge >= 0.3 is 11.9 Å². The molecule has 1 aliphatic heterocycles. The average Bonchev–Trinajstić information content (AvgIpc) is 3.12. The Labute approximate surface area is 173 Å². The second-order valence-corrected chi connectivity index (χ2v) is 6.75. The number of nitrogens with two attached hydrogens (primary N) is 3. The van der Waals surface area contributed by atoms with Crippen LogP contribution in [0.1, 0.15) is 24.8 Å². The standard InChI is InChI=1S/C19H26N7O4/c20-9-16(27)25-14(6-3-7-23-19(21)22)17(28)26-15(18(29)30)8-11-10-24-13-5-2-1-4-12(11)13/h1-2,4-5,10,14-15H,3,6-9,20H2,(H,25,27)(H,26,28)(H,29,30)(H4,21,22,23)/p+1. The fraction of sp³-hybridized carbons (Fsp3) is 0.368. The van der Waals surface area contributed by atoms with Crippen molar-refractivity contribution in [1.29, 1.82) is 0 Å². The maximum Gasteiger partial charge on any atom is 0.338 e. The molecular weight excluding hydrogens is 390 g/mol. The van der Waals surface area contributed by atoms with E-state index in [1.807, 2.05) is 24.3 Å². The van der Waals surface area contributed by atoms with Gasteiger partial charge in [0.25, 0.3) is 0 Å². The van der Waals surface area contributed by atoms with Crippen LogP contribution < -0.4 is 38.1 Å². The Morgan fingerprint density at radius 2 is 1.87 bits per heavy atom. The fourth-order valence-electron chi connectivity index (χ4n) is 2.99. The molecule has 0 spiro atoms. The summed E-state index contributed by atoms with van der Waals surface area (Å²) < 4.78 is 0. The lowest BCUT2D eigenvalue weighted by Gasteiger charge is -2.21. The summed E-state index contributed by atoms with van der Waals surface area (Å²) in [4.78, 5) is 38.9. The number of carbonyl (C=O) groups excluding carboxylic acids is 2. The summed E-state index contributed by atoms with van der Waals surface area (Å²) >= 11 is 0. The van der Waals surface area contributed by atoms with Gasteiger partial charge in [0.05, 0.1) is 18.8 Å². The molecule has 1 aromatic rings. The van der Waals surface area contributed by atoms with Crippen LogP contribution in [0.4, 0.5) is 5.69 Å². The van der Waals surface area contributed by atoms with Crippen LogP contribution in [0.25, 0.3) is 5.57 Å². The van der Waals surface area contributed by atoms with Crippen molar-refractivity contribution in [1.82, 2.24) is 16.0 Å². The summed E-state index contributed by atoms with van der Waals surface area (Å²) in [5, 5.41) is 18.9. The van der Waals surface area contributed by atoms with E-state index in [1.54, 1.807) is 6.20 Å². The van der Waals surface area contributed by atoms with Gasteiger partial charge in [-0.3, -0.25) is 31.4 Å². The Hall–Kier alpha value is -3.60. The molecule has 10 N–H and O–H groups in total. The number of hydrogen-bond donors (Lipinski definition) is 7. The first kappa shape index (κ1) is 22.7. The van der Waals surface area contributed by atoms with Gasteiger partial charge in [-0.15, -0.1) is 0 Å². The summed E-state index contributed by atoms with van der Waals surface area (Å²) in [5.41, 5.74) is 18.2. The van der Waals surface area contributed by atoms with Gasteiger partial charge in [-0.2, -0.15) is 0 Å². The summed E-state index contributed by atoms with van der Waals surface area (Å²) in [6.45, 7) is 0.0945. The molecule has 1 aliphatic rings. The quantitative estimate of drug-likeness (QED) is 0.112. The van der Waals surface area contributed by atoms with Crippen LogP contribution in [0.15, 0.2) is 30.5 Å². The molecule has 0 bridgehead atoms. The van der Waals surface area contributed by atoms with E-state index in [1.165, 1.54) is 0 Å². The lowest BCUT2D eigenvalue weighted by Crippen LogP contribution is -2.78. The number of nitrogens with zero attached hydrogens (tertiary/aromatic N) is 1. The monoisotopic (exact) mass is 417 g/mol. The number of carboxylic acids is 1. The summed E-state index contributed by atoms with van der Waals surface area (Å²) in [6, 6.07) is 5.21. The molecule has 0 saturated carbocycles. The lowest BCUT2D eigenvalue weighted by atomic mass is 9.99. The highest BCUT2D eigenvalue weighted by Crippen LogP contribution is 2.32. The van der Waals surface area contributed by atoms with Crippen LogP contribution in [0.2, 0.25) is 0 Å². The van der Waals surface area contributed by atoms with Gasteiger partial charge in [0.2, 0.25) is 11.8 Å². The minimum absolute atomic E-state index is 0.0449. The maximum absolute atomic E-state index is 12.7. The van der Waals surface area contributed by atoms with Crippen molar-refractivity contribution >= 4 is 35.0 Å². The third-order valence-electron chi connectivity index (χ3n) is 4.48. The minimum atomic E-state index is -1.19. The molecule has 11 nitrogen and oxygen atoms in total. The molecule has 2 atom stereocenters. The van der Waals surface area contributed by atoms with Gasteiger partial charge in [-0.05, 0) is 24.5 Å². The molecule has 0 aromatic heterocycles. The molecule has 0 fully saturated rings. The molecule has 161 valence electrons. The number of rotatable bonds is 11. The highest BCUT2D eigenvalue weighted by molar-refractivity contribution is 5.92. The number of para-hydroxylation sites is 1. The van der Waals surface area contributed by atoms with Crippen molar-refractivity contribution in [2.24, 2.45) is 17.2 Å². The van der Waals surface area contributed by atoms with Gasteiger partial charge in [0, 0.05) is 18.2 Å². The third kappa shape index (κ3) is 6.48. The summed E-state index contributed by atoms with van der Waals surface area (Å²) in [5.74, 6) is -2.28. The topological polar surface area (TPSA) is 202 Å². The Morgan fingerprint density at radius 1 is 1.13 bits per heavy atom. The van der Waals surface area contributed by atoms with Crippen molar-refractivity contribution in [3.8, 4) is 0 Å². The number of nitrogens with one attached hydrogen (secondary N) is 3. The van der Waals surface area contributed by atoms with Crippen LogP contribution in [0.3, 0.4) is 0 Å². The van der Waals surface area contributed by atoms with Crippen molar-refractivity contribution in [3.05, 3.63) is 36.0 Å². The van der Waals surface area contributed by atoms with E-state index in [0.29, 0.717) is 18.5 Å². The van der Waals surface area contributed by atoms with Crippen molar-refractivity contribution in [3.63, 3.8) is 0 Å². The van der Waals surface area contributed by atoms with Crippen LogP contribution in [0, 0.1) is 0 Å². The first-order valence-electron chi connectivity index (χ1n) is 9.45. The molecule has 0 aliphatic carbocycles. The lowest BCUT2D eigenvalue weighted by molar-refractivity contribution is -0.459. The van der Waals surface area contributed by atoms with Crippen molar-refractivity contribution in [2.75, 3.05) is 13.1 Å². The number of guanidine groups is 1. The third-order valence-corrected chi connectivity index (χ3v) is 4.48. The second kappa shape index (κ2) is 10.8. The Kier molecular flexibility index (Phi) is 8.18. The number of carboxylic acid groups (broad SMARTS) is 1. The SMILES string of the molecule is NCC(=O)NC(CCC[NH+]=C(N)N)C(=O)NC(CC1=C[N]c2ccccc21)C(=O)O. The first-order valence-corrected chi connectivity index (χ1v) is 9.45. The highest BCUT2D eigenvalue weighted by atomic mass is 16.4. The highest BCUT2D eigenvalue weighted by Gasteiger charge is 2.28. The normalized spacial score (nSPS) is 13.8. The zero-order chi connectivity index (χ0) is 22.1. The molecular formula is C19H27N7O4+. The fourth-order valence-corrected chi connectivity index (χ4v) is 2.99. The van der Waals surface area contributed by atoms with Gasteiger partial charge in [-0.25, -0.2) is 4.79 Å². The first-order chi connectivity index (χ1) is 14.3. The molecule has 11 heteroatoms. The van der Waals surface area contributed by atoms with Crippen LogP contribution in [-0.2, 0) is 14.4 Å². The molecule has 1 heterocycles. The molecule has 1 aromatic carbocycles. The van der Waals surface area contributed by atoms with Crippen molar-refractivity contribution < 1.29 is 24.5 Å². The predicted octanol–water partition coefficient (Wildman–Crippen LogP) is -3.19. The Bertz CT molecular complexity index is 849. The van der Waals surface area contributed by atoms with Crippen LogP contribution in [-0.4, -0.2) is 54.0 Å². The van der Waals surface area contributed by atoms with Gasteiger partial charge in [0.15, 0.2) is 0 Å². The molecule has 1 radical (unpaired) electrons. The zero-order valence-corrected chi connectivity index (χ0v) is 16.4. The molecule has 30 heavy (non-hydrogen) atoms. The number of amides is 2. The molecule has 2 rings (SSSR count). The van der Waals surface area contributed by atoms with Crippen LogP contribution >= 0.6 is 0 Å². The Morgan fingerprint density at radius 3 is 2.53 bits per heavy atom. The molecule has 2 unspecified atom stereocenters. The summed E-state index contributed by atoms with van der Waals surface area (Å²) in [7, 11) is 0. The largest absolute Gasteiger partial charge is 0.480 e. The smallest absolute Gasteiger partial charge is 0.338 e. The predicted molar refractivity (Wildman–Crippen MR) is 110 cm³/mol. The van der Waals surface area contributed by atoms with E-state index in [-0.39, 0.29) is 25.3 Å². The number of aliphatic carboxylic acids is 1. The van der Waals surface area contributed by atoms with Gasteiger partial charge < -0.3 is 21.5 Å². The summed E-state index contributed by atoms with van der Waals surface area (Å²) in [6.07, 6.45) is 2.35.